The summed E-state index contributed by atoms with van der Waals surface area (Å²) in [5, 5.41) is 15.9. The summed E-state index contributed by atoms with van der Waals surface area (Å²) in [6.07, 6.45) is 4.25. The standard InChI is InChI=1S/C16H19N7O/c1-11(2)24-16-9-12(7-8-17-16)10-22(13-3-4-13)15-6-5-14-18-20-21-23(14)19-15/h5-9,11,13H,3-4,10H2,1-2H3. The molecule has 0 atom stereocenters. The van der Waals surface area contributed by atoms with Crippen molar-refractivity contribution in [3.05, 3.63) is 36.0 Å². The quantitative estimate of drug-likeness (QED) is 0.684. The molecule has 0 aromatic carbocycles. The predicted molar refractivity (Wildman–Crippen MR) is 87.8 cm³/mol. The van der Waals surface area contributed by atoms with Crippen LogP contribution in [0.15, 0.2) is 30.5 Å². The van der Waals surface area contributed by atoms with E-state index in [9.17, 15) is 0 Å². The van der Waals surface area contributed by atoms with E-state index in [-0.39, 0.29) is 6.10 Å². The zero-order valence-corrected chi connectivity index (χ0v) is 13.7. The fourth-order valence-corrected chi connectivity index (χ4v) is 2.63. The van der Waals surface area contributed by atoms with Crippen LogP contribution in [0.25, 0.3) is 5.65 Å². The second-order valence-electron chi connectivity index (χ2n) is 6.25. The first kappa shape index (κ1) is 14.8. The first-order valence-corrected chi connectivity index (χ1v) is 8.13. The zero-order chi connectivity index (χ0) is 16.5. The minimum absolute atomic E-state index is 0.108. The van der Waals surface area contributed by atoms with Crippen LogP contribution in [0.4, 0.5) is 5.82 Å². The molecule has 124 valence electrons. The SMILES string of the molecule is CC(C)Oc1cc(CN(c2ccc3nnnn3n2)C2CC2)ccn1. The lowest BCUT2D eigenvalue weighted by atomic mass is 10.2. The Kier molecular flexibility index (Phi) is 3.72. The van der Waals surface area contributed by atoms with Crippen molar-refractivity contribution >= 4 is 11.5 Å². The second kappa shape index (κ2) is 6.03. The minimum Gasteiger partial charge on any atom is -0.475 e. The van der Waals surface area contributed by atoms with Gasteiger partial charge in [-0.15, -0.1) is 14.8 Å². The lowest BCUT2D eigenvalue weighted by Gasteiger charge is -2.23. The highest BCUT2D eigenvalue weighted by Gasteiger charge is 2.30. The third-order valence-electron chi connectivity index (χ3n) is 3.85. The molecule has 8 nitrogen and oxygen atoms in total. The summed E-state index contributed by atoms with van der Waals surface area (Å²) in [6.45, 7) is 4.74. The molecule has 0 saturated heterocycles. The lowest BCUT2D eigenvalue weighted by molar-refractivity contribution is 0.232. The van der Waals surface area contributed by atoms with Crippen LogP contribution in [0.3, 0.4) is 0 Å². The topological polar surface area (TPSA) is 81.3 Å². The summed E-state index contributed by atoms with van der Waals surface area (Å²) in [4.78, 5) is 6.55. The largest absolute Gasteiger partial charge is 0.475 e. The molecule has 3 heterocycles. The number of nitrogens with zero attached hydrogens (tertiary/aromatic N) is 7. The number of hydrogen-bond donors (Lipinski definition) is 0. The summed E-state index contributed by atoms with van der Waals surface area (Å²) in [7, 11) is 0. The zero-order valence-electron chi connectivity index (χ0n) is 13.7. The maximum atomic E-state index is 5.69. The third kappa shape index (κ3) is 3.12. The van der Waals surface area contributed by atoms with E-state index in [1.54, 1.807) is 6.20 Å². The summed E-state index contributed by atoms with van der Waals surface area (Å²) >= 11 is 0. The van der Waals surface area contributed by atoms with Crippen molar-refractivity contribution in [3.63, 3.8) is 0 Å². The summed E-state index contributed by atoms with van der Waals surface area (Å²) < 4.78 is 7.15. The Hall–Kier alpha value is -2.77. The molecule has 1 aliphatic rings. The number of aromatic nitrogens is 6. The van der Waals surface area contributed by atoms with Gasteiger partial charge >= 0.3 is 0 Å². The number of fused-ring (bicyclic) bond motifs is 1. The first-order chi connectivity index (χ1) is 11.7. The van der Waals surface area contributed by atoms with Gasteiger partial charge in [0.2, 0.25) is 5.88 Å². The predicted octanol–water partition coefficient (Wildman–Crippen LogP) is 1.87. The van der Waals surface area contributed by atoms with Gasteiger partial charge in [-0.25, -0.2) is 4.98 Å². The molecule has 1 fully saturated rings. The molecule has 0 radical (unpaired) electrons. The lowest BCUT2D eigenvalue weighted by Crippen LogP contribution is -2.26. The molecule has 0 spiro atoms. The van der Waals surface area contributed by atoms with E-state index in [2.05, 4.69) is 30.5 Å². The molecule has 0 N–H and O–H groups in total. The van der Waals surface area contributed by atoms with E-state index in [1.165, 1.54) is 17.5 Å². The number of anilines is 1. The van der Waals surface area contributed by atoms with Gasteiger partial charge in [-0.1, -0.05) is 0 Å². The van der Waals surface area contributed by atoms with Crippen LogP contribution in [0, 0.1) is 0 Å². The number of tetrazole rings is 1. The average Bonchev–Trinajstić information content (AvgIpc) is 3.29. The molecule has 0 unspecified atom stereocenters. The smallest absolute Gasteiger partial charge is 0.213 e. The van der Waals surface area contributed by atoms with Crippen LogP contribution < -0.4 is 9.64 Å². The third-order valence-corrected chi connectivity index (χ3v) is 3.85. The van der Waals surface area contributed by atoms with Crippen molar-refractivity contribution in [3.8, 4) is 5.88 Å². The van der Waals surface area contributed by atoms with Crippen LogP contribution in [-0.4, -0.2) is 42.4 Å². The van der Waals surface area contributed by atoms with Gasteiger partial charge in [0.1, 0.15) is 0 Å². The molecule has 3 aromatic rings. The Balaban J connectivity index is 1.59. The van der Waals surface area contributed by atoms with Gasteiger partial charge in [-0.2, -0.15) is 0 Å². The maximum Gasteiger partial charge on any atom is 0.213 e. The molecule has 1 saturated carbocycles. The highest BCUT2D eigenvalue weighted by Crippen LogP contribution is 2.32. The summed E-state index contributed by atoms with van der Waals surface area (Å²) in [5.74, 6) is 1.53. The van der Waals surface area contributed by atoms with Gasteiger partial charge in [0.05, 0.1) is 6.10 Å². The molecule has 1 aliphatic carbocycles. The highest BCUT2D eigenvalue weighted by atomic mass is 16.5. The van der Waals surface area contributed by atoms with Crippen molar-refractivity contribution in [1.29, 1.82) is 0 Å². The highest BCUT2D eigenvalue weighted by molar-refractivity contribution is 5.46. The van der Waals surface area contributed by atoms with Gasteiger partial charge in [0.25, 0.3) is 0 Å². The Morgan fingerprint density at radius 3 is 2.96 bits per heavy atom. The molecular weight excluding hydrogens is 306 g/mol. The Morgan fingerprint density at radius 1 is 1.29 bits per heavy atom. The van der Waals surface area contributed by atoms with Gasteiger partial charge in [-0.05, 0) is 60.9 Å². The van der Waals surface area contributed by atoms with Crippen LogP contribution in [0.2, 0.25) is 0 Å². The molecule has 0 aliphatic heterocycles. The average molecular weight is 325 g/mol. The van der Waals surface area contributed by atoms with Gasteiger partial charge in [0, 0.05) is 24.8 Å². The van der Waals surface area contributed by atoms with Gasteiger partial charge < -0.3 is 9.64 Å². The van der Waals surface area contributed by atoms with Crippen molar-refractivity contribution in [2.75, 3.05) is 4.90 Å². The summed E-state index contributed by atoms with van der Waals surface area (Å²) in [6, 6.07) is 8.37. The monoisotopic (exact) mass is 325 g/mol. The fourth-order valence-electron chi connectivity index (χ4n) is 2.63. The molecule has 24 heavy (non-hydrogen) atoms. The van der Waals surface area contributed by atoms with Crippen LogP contribution in [-0.2, 0) is 6.54 Å². The number of ether oxygens (including phenoxy) is 1. The van der Waals surface area contributed by atoms with Gasteiger partial charge in [0.15, 0.2) is 11.5 Å². The molecule has 8 heteroatoms. The second-order valence-corrected chi connectivity index (χ2v) is 6.25. The van der Waals surface area contributed by atoms with Crippen molar-refractivity contribution in [2.45, 2.75) is 45.4 Å². The van der Waals surface area contributed by atoms with Crippen LogP contribution >= 0.6 is 0 Å². The Labute approximate surface area is 139 Å². The Morgan fingerprint density at radius 2 is 2.17 bits per heavy atom. The number of rotatable bonds is 6. The minimum atomic E-state index is 0.108. The first-order valence-electron chi connectivity index (χ1n) is 8.13. The molecule has 4 rings (SSSR count). The van der Waals surface area contributed by atoms with Crippen LogP contribution in [0.5, 0.6) is 5.88 Å². The number of hydrogen-bond acceptors (Lipinski definition) is 7. The molecule has 0 bridgehead atoms. The fraction of sp³-hybridized carbons (Fsp3) is 0.438. The molecule has 3 aromatic heterocycles. The van der Waals surface area contributed by atoms with E-state index >= 15 is 0 Å². The Bertz CT molecular complexity index is 843. The number of pyridine rings is 1. The maximum absolute atomic E-state index is 5.69. The summed E-state index contributed by atoms with van der Waals surface area (Å²) in [5.41, 5.74) is 1.79. The van der Waals surface area contributed by atoms with E-state index in [0.29, 0.717) is 17.6 Å². The van der Waals surface area contributed by atoms with Gasteiger partial charge in [-0.3, -0.25) is 0 Å². The van der Waals surface area contributed by atoms with Crippen molar-refractivity contribution in [1.82, 2.24) is 30.2 Å². The van der Waals surface area contributed by atoms with Crippen LogP contribution in [0.1, 0.15) is 32.3 Å². The van der Waals surface area contributed by atoms with E-state index in [0.717, 1.165) is 17.9 Å². The van der Waals surface area contributed by atoms with Crippen molar-refractivity contribution < 1.29 is 4.74 Å². The van der Waals surface area contributed by atoms with Crippen molar-refractivity contribution in [2.24, 2.45) is 0 Å². The molecular formula is C16H19N7O. The normalized spacial score (nSPS) is 14.3. The van der Waals surface area contributed by atoms with E-state index in [1.807, 2.05) is 38.1 Å². The molecule has 0 amide bonds. The van der Waals surface area contributed by atoms with E-state index < -0.39 is 0 Å². The van der Waals surface area contributed by atoms with E-state index in [4.69, 9.17) is 4.74 Å².